The van der Waals surface area contributed by atoms with Gasteiger partial charge in [-0.1, -0.05) is 6.07 Å². The zero-order chi connectivity index (χ0) is 15.3. The summed E-state index contributed by atoms with van der Waals surface area (Å²) in [5.74, 6) is -0.743. The Labute approximate surface area is 112 Å². The number of nitro groups is 1. The van der Waals surface area contributed by atoms with Crippen molar-refractivity contribution in [3.05, 3.63) is 38.9 Å². The minimum absolute atomic E-state index is 0.0843. The fourth-order valence-corrected chi connectivity index (χ4v) is 1.69. The van der Waals surface area contributed by atoms with Crippen LogP contribution in [0.2, 0.25) is 0 Å². The van der Waals surface area contributed by atoms with Crippen LogP contribution in [0, 0.1) is 21.4 Å². The number of alkyl halides is 2. The molecule has 0 radical (unpaired) electrons. The number of ether oxygens (including phenoxy) is 1. The molecule has 0 bridgehead atoms. The third-order valence-electron chi connectivity index (χ3n) is 2.48. The van der Waals surface area contributed by atoms with Gasteiger partial charge in [0.15, 0.2) is 0 Å². The van der Waals surface area contributed by atoms with E-state index in [1.807, 2.05) is 0 Å². The molecule has 1 aromatic rings. The first-order chi connectivity index (χ1) is 9.42. The van der Waals surface area contributed by atoms with Gasteiger partial charge in [-0.3, -0.25) is 14.9 Å². The molecule has 0 spiro atoms. The van der Waals surface area contributed by atoms with E-state index < -0.39 is 40.6 Å². The molecule has 1 rings (SSSR count). The van der Waals surface area contributed by atoms with E-state index in [0.717, 1.165) is 12.1 Å². The number of carbonyl (C=O) groups is 1. The molecule has 0 saturated carbocycles. The molecule has 0 aliphatic heterocycles. The van der Waals surface area contributed by atoms with E-state index in [1.165, 1.54) is 6.07 Å². The lowest BCUT2D eigenvalue weighted by Crippen LogP contribution is -2.11. The Kier molecular flexibility index (Phi) is 5.08. The zero-order valence-electron chi connectivity index (χ0n) is 10.4. The van der Waals surface area contributed by atoms with Crippen LogP contribution in [0.15, 0.2) is 12.1 Å². The Morgan fingerprint density at radius 2 is 2.20 bits per heavy atom. The van der Waals surface area contributed by atoms with Crippen LogP contribution in [-0.4, -0.2) is 17.5 Å². The van der Waals surface area contributed by atoms with Gasteiger partial charge in [-0.25, -0.2) is 8.78 Å². The standard InChI is InChI=1S/C12H10F2N2O4/c1-2-20-10(17)5-7-3-4-9(16(18)19)8(6-15)11(7)12(13)14/h3-4,12H,2,5H2,1H3. The van der Waals surface area contributed by atoms with Crippen LogP contribution in [0.1, 0.15) is 30.0 Å². The second-order valence-corrected chi connectivity index (χ2v) is 3.68. The second-order valence-electron chi connectivity index (χ2n) is 3.68. The number of carbonyl (C=O) groups excluding carboxylic acids is 1. The number of nitrogens with zero attached hydrogens (tertiary/aromatic N) is 2. The summed E-state index contributed by atoms with van der Waals surface area (Å²) in [7, 11) is 0. The van der Waals surface area contributed by atoms with Crippen molar-refractivity contribution in [1.29, 1.82) is 5.26 Å². The third kappa shape index (κ3) is 3.26. The lowest BCUT2D eigenvalue weighted by atomic mass is 9.98. The molecule has 0 aliphatic rings. The minimum atomic E-state index is -3.10. The average Bonchev–Trinajstić information content (AvgIpc) is 2.37. The van der Waals surface area contributed by atoms with E-state index in [9.17, 15) is 23.7 Å². The molecule has 0 aromatic heterocycles. The van der Waals surface area contributed by atoms with Crippen LogP contribution < -0.4 is 0 Å². The number of nitro benzene ring substituents is 1. The molecule has 0 heterocycles. The molecule has 6 nitrogen and oxygen atoms in total. The topological polar surface area (TPSA) is 93.2 Å². The molecule has 0 fully saturated rings. The summed E-state index contributed by atoms with van der Waals surface area (Å²) in [5.41, 5.74) is -2.39. The van der Waals surface area contributed by atoms with Crippen LogP contribution in [0.3, 0.4) is 0 Å². The first-order valence-corrected chi connectivity index (χ1v) is 5.56. The van der Waals surface area contributed by atoms with Gasteiger partial charge in [0.05, 0.1) is 18.0 Å². The second kappa shape index (κ2) is 6.56. The van der Waals surface area contributed by atoms with Crippen molar-refractivity contribution in [2.45, 2.75) is 19.8 Å². The van der Waals surface area contributed by atoms with E-state index in [1.54, 1.807) is 6.92 Å². The highest BCUT2D eigenvalue weighted by molar-refractivity contribution is 5.74. The summed E-state index contributed by atoms with van der Waals surface area (Å²) in [5, 5.41) is 19.6. The molecule has 0 aliphatic carbocycles. The Bertz CT molecular complexity index is 582. The highest BCUT2D eigenvalue weighted by Gasteiger charge is 2.27. The summed E-state index contributed by atoms with van der Waals surface area (Å²) in [6.07, 6.45) is -3.57. The van der Waals surface area contributed by atoms with Crippen molar-refractivity contribution in [2.24, 2.45) is 0 Å². The summed E-state index contributed by atoms with van der Waals surface area (Å²) >= 11 is 0. The molecule has 0 unspecified atom stereocenters. The van der Waals surface area contributed by atoms with Crippen LogP contribution in [0.5, 0.6) is 0 Å². The SMILES string of the molecule is CCOC(=O)Cc1ccc([N+](=O)[O-])c(C#N)c1C(F)F. The van der Waals surface area contributed by atoms with Crippen molar-refractivity contribution < 1.29 is 23.2 Å². The van der Waals surface area contributed by atoms with Crippen molar-refractivity contribution >= 4 is 11.7 Å². The lowest BCUT2D eigenvalue weighted by Gasteiger charge is -2.10. The van der Waals surface area contributed by atoms with Crippen LogP contribution in [-0.2, 0) is 16.0 Å². The number of benzene rings is 1. The molecular weight excluding hydrogens is 274 g/mol. The average molecular weight is 284 g/mol. The van der Waals surface area contributed by atoms with Gasteiger partial charge < -0.3 is 4.74 Å². The maximum atomic E-state index is 13.0. The quantitative estimate of drug-likeness (QED) is 0.470. The minimum Gasteiger partial charge on any atom is -0.466 e. The first kappa shape index (κ1) is 15.5. The Hall–Kier alpha value is -2.56. The lowest BCUT2D eigenvalue weighted by molar-refractivity contribution is -0.385. The van der Waals surface area contributed by atoms with Gasteiger partial charge in [-0.15, -0.1) is 0 Å². The largest absolute Gasteiger partial charge is 0.466 e. The predicted molar refractivity (Wildman–Crippen MR) is 63.1 cm³/mol. The molecule has 0 saturated heterocycles. The maximum Gasteiger partial charge on any atom is 0.310 e. The van der Waals surface area contributed by atoms with Crippen molar-refractivity contribution in [2.75, 3.05) is 6.61 Å². The van der Waals surface area contributed by atoms with E-state index in [2.05, 4.69) is 4.74 Å². The summed E-state index contributed by atoms with van der Waals surface area (Å²) < 4.78 is 30.7. The molecule has 0 atom stereocenters. The van der Waals surface area contributed by atoms with E-state index in [0.29, 0.717) is 0 Å². The van der Waals surface area contributed by atoms with Crippen LogP contribution in [0.25, 0.3) is 0 Å². The fourth-order valence-electron chi connectivity index (χ4n) is 1.69. The molecule has 0 N–H and O–H groups in total. The van der Waals surface area contributed by atoms with Gasteiger partial charge in [-0.05, 0) is 12.5 Å². The monoisotopic (exact) mass is 284 g/mol. The number of rotatable bonds is 5. The van der Waals surface area contributed by atoms with Crippen LogP contribution in [0.4, 0.5) is 14.5 Å². The molecule has 8 heteroatoms. The number of hydrogen-bond donors (Lipinski definition) is 0. The number of hydrogen-bond acceptors (Lipinski definition) is 5. The van der Waals surface area contributed by atoms with Gasteiger partial charge in [0.25, 0.3) is 12.1 Å². The Balaban J connectivity index is 3.36. The Morgan fingerprint density at radius 3 is 2.65 bits per heavy atom. The predicted octanol–water partition coefficient (Wildman–Crippen LogP) is 2.51. The van der Waals surface area contributed by atoms with Crippen LogP contribution >= 0.6 is 0 Å². The molecule has 1 aromatic carbocycles. The molecular formula is C12H10F2N2O4. The summed E-state index contributed by atoms with van der Waals surface area (Å²) in [6, 6.07) is 3.37. The highest BCUT2D eigenvalue weighted by Crippen LogP contribution is 2.32. The molecule has 106 valence electrons. The summed E-state index contributed by atoms with van der Waals surface area (Å²) in [6.45, 7) is 1.64. The van der Waals surface area contributed by atoms with Gasteiger partial charge in [0, 0.05) is 11.6 Å². The van der Waals surface area contributed by atoms with Gasteiger partial charge in [-0.2, -0.15) is 5.26 Å². The smallest absolute Gasteiger partial charge is 0.310 e. The normalized spacial score (nSPS) is 10.2. The molecule has 20 heavy (non-hydrogen) atoms. The highest BCUT2D eigenvalue weighted by atomic mass is 19.3. The number of esters is 1. The van der Waals surface area contributed by atoms with Gasteiger partial charge >= 0.3 is 5.97 Å². The number of nitriles is 1. The van der Waals surface area contributed by atoms with Crippen molar-refractivity contribution in [1.82, 2.24) is 0 Å². The third-order valence-corrected chi connectivity index (χ3v) is 2.48. The number of halogens is 2. The van der Waals surface area contributed by atoms with Gasteiger partial charge in [0.2, 0.25) is 0 Å². The summed E-state index contributed by atoms with van der Waals surface area (Å²) in [4.78, 5) is 21.1. The first-order valence-electron chi connectivity index (χ1n) is 5.56. The van der Waals surface area contributed by atoms with Gasteiger partial charge in [0.1, 0.15) is 11.6 Å². The van der Waals surface area contributed by atoms with E-state index in [4.69, 9.17) is 5.26 Å². The Morgan fingerprint density at radius 1 is 1.55 bits per heavy atom. The zero-order valence-corrected chi connectivity index (χ0v) is 10.4. The van der Waals surface area contributed by atoms with E-state index in [-0.39, 0.29) is 12.2 Å². The van der Waals surface area contributed by atoms with E-state index >= 15 is 0 Å². The fraction of sp³-hybridized carbons (Fsp3) is 0.333. The maximum absolute atomic E-state index is 13.0. The van der Waals surface area contributed by atoms with Crippen molar-refractivity contribution in [3.8, 4) is 6.07 Å². The van der Waals surface area contributed by atoms with Crippen molar-refractivity contribution in [3.63, 3.8) is 0 Å². The molecule has 0 amide bonds.